The summed E-state index contributed by atoms with van der Waals surface area (Å²) in [7, 11) is 0. The molecule has 24 heavy (non-hydrogen) atoms. The smallest absolute Gasteiger partial charge is 0.0431 e. The van der Waals surface area contributed by atoms with Gasteiger partial charge in [0.05, 0.1) is 0 Å². The molecule has 0 unspecified atom stereocenters. The highest BCUT2D eigenvalue weighted by molar-refractivity contribution is 5.56. The summed E-state index contributed by atoms with van der Waals surface area (Å²) in [4.78, 5) is 2.64. The molecule has 2 heterocycles. The van der Waals surface area contributed by atoms with Gasteiger partial charge in [0.2, 0.25) is 0 Å². The van der Waals surface area contributed by atoms with Crippen LogP contribution in [-0.2, 0) is 6.54 Å². The topological polar surface area (TPSA) is 35.5 Å². The summed E-state index contributed by atoms with van der Waals surface area (Å²) in [6.07, 6.45) is 3.15. The maximum atomic E-state index is 9.24. The van der Waals surface area contributed by atoms with Crippen LogP contribution >= 0.6 is 0 Å². The minimum Gasteiger partial charge on any atom is -0.396 e. The van der Waals surface area contributed by atoms with E-state index in [1.807, 2.05) is 0 Å². The molecule has 1 saturated heterocycles. The molecule has 2 aliphatic heterocycles. The number of hydrogen-bond acceptors (Lipinski definition) is 3. The summed E-state index contributed by atoms with van der Waals surface area (Å²) < 4.78 is 0. The first-order valence-electron chi connectivity index (χ1n) is 9.11. The standard InChI is InChI=1S/C21H26N2O/c24-14-6-11-20-18-12-13-23(15-16-7-2-1-3-8-16)21(18)17-9-4-5-10-19(17)22-20/h1-5,7-10,18,20-22,24H,6,11-15H2/t18-,20-,21+/m0/s1. The largest absolute Gasteiger partial charge is 0.396 e. The van der Waals surface area contributed by atoms with Crippen LogP contribution in [-0.4, -0.2) is 29.2 Å². The minimum absolute atomic E-state index is 0.283. The highest BCUT2D eigenvalue weighted by Gasteiger charge is 2.43. The highest BCUT2D eigenvalue weighted by Crippen LogP contribution is 2.47. The highest BCUT2D eigenvalue weighted by atomic mass is 16.2. The molecule has 3 atom stereocenters. The second-order valence-corrected chi connectivity index (χ2v) is 7.06. The molecule has 126 valence electrons. The first-order valence-corrected chi connectivity index (χ1v) is 9.11. The normalized spacial score (nSPS) is 25.8. The van der Waals surface area contributed by atoms with Gasteiger partial charge < -0.3 is 10.4 Å². The number of nitrogens with zero attached hydrogens (tertiary/aromatic N) is 1. The van der Waals surface area contributed by atoms with Gasteiger partial charge in [0.1, 0.15) is 0 Å². The van der Waals surface area contributed by atoms with Gasteiger partial charge in [-0.15, -0.1) is 0 Å². The van der Waals surface area contributed by atoms with E-state index in [9.17, 15) is 5.11 Å². The zero-order valence-electron chi connectivity index (χ0n) is 14.1. The lowest BCUT2D eigenvalue weighted by molar-refractivity contribution is 0.197. The Bertz CT molecular complexity index is 673. The van der Waals surface area contributed by atoms with E-state index in [0.717, 1.165) is 25.9 Å². The average Bonchev–Trinajstić information content (AvgIpc) is 3.05. The molecule has 0 bridgehead atoms. The van der Waals surface area contributed by atoms with Crippen molar-refractivity contribution >= 4 is 5.69 Å². The lowest BCUT2D eigenvalue weighted by Crippen LogP contribution is -2.39. The molecule has 0 saturated carbocycles. The number of para-hydroxylation sites is 1. The monoisotopic (exact) mass is 322 g/mol. The van der Waals surface area contributed by atoms with E-state index in [2.05, 4.69) is 64.8 Å². The molecule has 2 N–H and O–H groups in total. The lowest BCUT2D eigenvalue weighted by atomic mass is 9.81. The Balaban J connectivity index is 1.62. The third-order valence-corrected chi connectivity index (χ3v) is 5.59. The van der Waals surface area contributed by atoms with Gasteiger partial charge in [-0.1, -0.05) is 48.5 Å². The van der Waals surface area contributed by atoms with E-state index >= 15 is 0 Å². The second kappa shape index (κ2) is 6.96. The van der Waals surface area contributed by atoms with Crippen LogP contribution in [0.15, 0.2) is 54.6 Å². The average molecular weight is 322 g/mol. The molecule has 0 amide bonds. The van der Waals surface area contributed by atoms with Crippen molar-refractivity contribution in [3.05, 3.63) is 65.7 Å². The Morgan fingerprint density at radius 1 is 1.04 bits per heavy atom. The van der Waals surface area contributed by atoms with Crippen molar-refractivity contribution in [3.8, 4) is 0 Å². The summed E-state index contributed by atoms with van der Waals surface area (Å²) in [6.45, 7) is 2.45. The Labute approximate surface area is 144 Å². The van der Waals surface area contributed by atoms with Crippen molar-refractivity contribution in [2.45, 2.75) is 37.9 Å². The van der Waals surface area contributed by atoms with E-state index in [4.69, 9.17) is 0 Å². The van der Waals surface area contributed by atoms with E-state index in [0.29, 0.717) is 18.0 Å². The third-order valence-electron chi connectivity index (χ3n) is 5.59. The SMILES string of the molecule is OCCC[C@@H]1Nc2ccccc2[C@@H]2[C@H]1CCN2Cc1ccccc1. The Hall–Kier alpha value is -1.84. The Morgan fingerprint density at radius 2 is 1.83 bits per heavy atom. The predicted molar refractivity (Wildman–Crippen MR) is 97.9 cm³/mol. The van der Waals surface area contributed by atoms with Gasteiger partial charge in [-0.25, -0.2) is 0 Å². The quantitative estimate of drug-likeness (QED) is 0.878. The molecule has 0 aliphatic carbocycles. The summed E-state index contributed by atoms with van der Waals surface area (Å²) in [6, 6.07) is 20.5. The molecular formula is C21H26N2O. The molecule has 0 spiro atoms. The van der Waals surface area contributed by atoms with Crippen molar-refractivity contribution in [1.82, 2.24) is 4.90 Å². The maximum absolute atomic E-state index is 9.24. The zero-order chi connectivity index (χ0) is 16.4. The van der Waals surface area contributed by atoms with Gasteiger partial charge in [0.25, 0.3) is 0 Å². The fraction of sp³-hybridized carbons (Fsp3) is 0.429. The van der Waals surface area contributed by atoms with Crippen LogP contribution in [0.25, 0.3) is 0 Å². The fourth-order valence-electron chi connectivity index (χ4n) is 4.52. The van der Waals surface area contributed by atoms with Crippen molar-refractivity contribution in [3.63, 3.8) is 0 Å². The predicted octanol–water partition coefficient (Wildman–Crippen LogP) is 3.82. The van der Waals surface area contributed by atoms with E-state index in [1.165, 1.54) is 23.2 Å². The summed E-state index contributed by atoms with van der Waals surface area (Å²) in [5, 5.41) is 13.0. The molecule has 2 aliphatic rings. The van der Waals surface area contributed by atoms with Crippen LogP contribution in [0.1, 0.15) is 36.4 Å². The zero-order valence-corrected chi connectivity index (χ0v) is 14.1. The van der Waals surface area contributed by atoms with Crippen LogP contribution in [0.3, 0.4) is 0 Å². The molecule has 3 heteroatoms. The molecule has 0 aromatic heterocycles. The summed E-state index contributed by atoms with van der Waals surface area (Å²) in [5.74, 6) is 0.634. The Kier molecular flexibility index (Phi) is 4.54. The number of likely N-dealkylation sites (tertiary alicyclic amines) is 1. The first kappa shape index (κ1) is 15.7. The molecule has 2 aromatic carbocycles. The molecule has 2 aromatic rings. The van der Waals surface area contributed by atoms with E-state index in [1.54, 1.807) is 0 Å². The summed E-state index contributed by atoms with van der Waals surface area (Å²) >= 11 is 0. The Morgan fingerprint density at radius 3 is 2.67 bits per heavy atom. The summed E-state index contributed by atoms with van der Waals surface area (Å²) in [5.41, 5.74) is 4.11. The molecule has 3 nitrogen and oxygen atoms in total. The number of nitrogens with one attached hydrogen (secondary N) is 1. The van der Waals surface area contributed by atoms with Crippen molar-refractivity contribution in [2.24, 2.45) is 5.92 Å². The van der Waals surface area contributed by atoms with E-state index < -0.39 is 0 Å². The van der Waals surface area contributed by atoms with Gasteiger partial charge in [0.15, 0.2) is 0 Å². The number of benzene rings is 2. The molecule has 0 radical (unpaired) electrons. The molecular weight excluding hydrogens is 296 g/mol. The number of anilines is 1. The molecule has 1 fully saturated rings. The minimum atomic E-state index is 0.283. The fourth-order valence-corrected chi connectivity index (χ4v) is 4.52. The molecule has 4 rings (SSSR count). The van der Waals surface area contributed by atoms with Gasteiger partial charge in [-0.05, 0) is 43.0 Å². The lowest BCUT2D eigenvalue weighted by Gasteiger charge is -2.40. The van der Waals surface area contributed by atoms with Gasteiger partial charge >= 0.3 is 0 Å². The van der Waals surface area contributed by atoms with Crippen LogP contribution < -0.4 is 5.32 Å². The number of hydrogen-bond donors (Lipinski definition) is 2. The second-order valence-electron chi connectivity index (χ2n) is 7.06. The first-order chi connectivity index (χ1) is 11.9. The van der Waals surface area contributed by atoms with Crippen LogP contribution in [0.2, 0.25) is 0 Å². The number of fused-ring (bicyclic) bond motifs is 3. The van der Waals surface area contributed by atoms with Crippen molar-refractivity contribution in [1.29, 1.82) is 0 Å². The number of aliphatic hydroxyl groups excluding tert-OH is 1. The van der Waals surface area contributed by atoms with Crippen LogP contribution in [0, 0.1) is 5.92 Å². The van der Waals surface area contributed by atoms with Gasteiger partial charge in [-0.3, -0.25) is 4.90 Å². The van der Waals surface area contributed by atoms with Crippen LogP contribution in [0.4, 0.5) is 5.69 Å². The van der Waals surface area contributed by atoms with Gasteiger partial charge in [-0.2, -0.15) is 0 Å². The maximum Gasteiger partial charge on any atom is 0.0431 e. The van der Waals surface area contributed by atoms with Gasteiger partial charge in [0, 0.05) is 36.8 Å². The van der Waals surface area contributed by atoms with Crippen molar-refractivity contribution in [2.75, 3.05) is 18.5 Å². The van der Waals surface area contributed by atoms with Crippen molar-refractivity contribution < 1.29 is 5.11 Å². The third kappa shape index (κ3) is 2.94. The number of rotatable bonds is 5. The van der Waals surface area contributed by atoms with E-state index in [-0.39, 0.29) is 6.61 Å². The number of aliphatic hydroxyl groups is 1. The van der Waals surface area contributed by atoms with Crippen LogP contribution in [0.5, 0.6) is 0 Å².